The number of amides is 1. The molecule has 128 valence electrons. The van der Waals surface area contributed by atoms with Crippen molar-refractivity contribution in [2.45, 2.75) is 0 Å². The largest absolute Gasteiger partial charge is 0.461 e. The molecule has 7 heteroatoms. The van der Waals surface area contributed by atoms with Crippen LogP contribution < -0.4 is 5.32 Å². The molecule has 0 spiro atoms. The Morgan fingerprint density at radius 2 is 1.92 bits per heavy atom. The summed E-state index contributed by atoms with van der Waals surface area (Å²) in [6.45, 7) is 0. The van der Waals surface area contributed by atoms with Crippen molar-refractivity contribution in [3.8, 4) is 23.0 Å². The normalized spacial score (nSPS) is 10.7. The summed E-state index contributed by atoms with van der Waals surface area (Å²) < 4.78 is 23.9. The summed E-state index contributed by atoms with van der Waals surface area (Å²) in [5, 5.41) is 6.62. The Morgan fingerprint density at radius 1 is 1.04 bits per heavy atom. The van der Waals surface area contributed by atoms with E-state index in [1.54, 1.807) is 36.4 Å². The maximum atomic E-state index is 13.3. The van der Waals surface area contributed by atoms with Crippen LogP contribution in [0.15, 0.2) is 75.9 Å². The van der Waals surface area contributed by atoms with Crippen LogP contribution in [0, 0.1) is 5.82 Å². The summed E-state index contributed by atoms with van der Waals surface area (Å²) in [7, 11) is 0. The van der Waals surface area contributed by atoms with E-state index in [1.807, 2.05) is 0 Å². The first-order valence-electron chi connectivity index (χ1n) is 7.74. The monoisotopic (exact) mass is 349 g/mol. The fourth-order valence-electron chi connectivity index (χ4n) is 2.44. The fraction of sp³-hybridized carbons (Fsp3) is 0. The molecule has 1 amide bonds. The van der Waals surface area contributed by atoms with Crippen LogP contribution in [0.4, 0.5) is 10.1 Å². The van der Waals surface area contributed by atoms with E-state index < -0.39 is 11.7 Å². The minimum Gasteiger partial charge on any atom is -0.461 e. The first kappa shape index (κ1) is 15.8. The quantitative estimate of drug-likeness (QED) is 0.591. The second kappa shape index (κ2) is 6.64. The van der Waals surface area contributed by atoms with Gasteiger partial charge in [-0.25, -0.2) is 4.39 Å². The molecule has 4 aromatic rings. The molecular weight excluding hydrogens is 337 g/mol. The van der Waals surface area contributed by atoms with E-state index >= 15 is 0 Å². The number of hydrogen-bond donors (Lipinski definition) is 1. The fourth-order valence-corrected chi connectivity index (χ4v) is 2.44. The van der Waals surface area contributed by atoms with Crippen molar-refractivity contribution >= 4 is 11.6 Å². The molecule has 0 aliphatic carbocycles. The predicted octanol–water partition coefficient (Wildman–Crippen LogP) is 4.39. The number of rotatable bonds is 4. The van der Waals surface area contributed by atoms with E-state index in [9.17, 15) is 9.18 Å². The second-order valence-corrected chi connectivity index (χ2v) is 5.41. The Bertz CT molecular complexity index is 1060. The highest BCUT2D eigenvalue weighted by Crippen LogP contribution is 2.29. The third-order valence-corrected chi connectivity index (χ3v) is 3.66. The molecule has 26 heavy (non-hydrogen) atoms. The van der Waals surface area contributed by atoms with Gasteiger partial charge >= 0.3 is 0 Å². The van der Waals surface area contributed by atoms with E-state index in [1.165, 1.54) is 30.5 Å². The van der Waals surface area contributed by atoms with Gasteiger partial charge in [0.15, 0.2) is 5.76 Å². The molecule has 2 aromatic heterocycles. The van der Waals surface area contributed by atoms with Crippen molar-refractivity contribution in [1.29, 1.82) is 0 Å². The molecular formula is C19H12FN3O3. The maximum Gasteiger partial charge on any atom is 0.260 e. The predicted molar refractivity (Wildman–Crippen MR) is 91.8 cm³/mol. The Labute approximate surface area is 147 Å². The van der Waals surface area contributed by atoms with Crippen molar-refractivity contribution in [1.82, 2.24) is 10.1 Å². The highest BCUT2D eigenvalue weighted by Gasteiger charge is 2.17. The number of carbonyl (C=O) groups excluding carboxylic acids is 1. The number of aromatic nitrogens is 2. The number of hydrogen-bond acceptors (Lipinski definition) is 5. The molecule has 0 fully saturated rings. The van der Waals surface area contributed by atoms with Gasteiger partial charge in [0.05, 0.1) is 17.5 Å². The molecule has 0 aliphatic heterocycles. The summed E-state index contributed by atoms with van der Waals surface area (Å²) in [5.74, 6) is 0.0812. The molecule has 0 saturated carbocycles. The molecule has 2 aromatic carbocycles. The molecule has 0 unspecified atom stereocenters. The zero-order chi connectivity index (χ0) is 17.9. The number of anilines is 1. The van der Waals surface area contributed by atoms with E-state index in [4.69, 9.17) is 8.94 Å². The van der Waals surface area contributed by atoms with Crippen LogP contribution in [-0.4, -0.2) is 16.0 Å². The molecule has 6 nitrogen and oxygen atoms in total. The Hall–Kier alpha value is -3.74. The van der Waals surface area contributed by atoms with Gasteiger partial charge in [-0.2, -0.15) is 4.98 Å². The highest BCUT2D eigenvalue weighted by molar-refractivity contribution is 6.06. The molecule has 0 bridgehead atoms. The first-order valence-corrected chi connectivity index (χ1v) is 7.74. The number of furan rings is 1. The van der Waals surface area contributed by atoms with Gasteiger partial charge in [0, 0.05) is 5.56 Å². The zero-order valence-electron chi connectivity index (χ0n) is 13.3. The lowest BCUT2D eigenvalue weighted by Crippen LogP contribution is -2.12. The van der Waals surface area contributed by atoms with Crippen LogP contribution in [-0.2, 0) is 0 Å². The number of benzene rings is 2. The maximum absolute atomic E-state index is 13.3. The van der Waals surface area contributed by atoms with Crippen molar-refractivity contribution in [3.63, 3.8) is 0 Å². The van der Waals surface area contributed by atoms with Gasteiger partial charge in [-0.3, -0.25) is 4.79 Å². The number of nitrogens with one attached hydrogen (secondary N) is 1. The third kappa shape index (κ3) is 3.10. The van der Waals surface area contributed by atoms with Crippen LogP contribution in [0.3, 0.4) is 0 Å². The Kier molecular flexibility index (Phi) is 4.03. The molecule has 0 saturated heterocycles. The minimum absolute atomic E-state index is 0.210. The van der Waals surface area contributed by atoms with E-state index in [0.29, 0.717) is 22.8 Å². The number of carbonyl (C=O) groups is 1. The highest BCUT2D eigenvalue weighted by atomic mass is 19.1. The Balaban J connectivity index is 1.64. The molecule has 0 atom stereocenters. The van der Waals surface area contributed by atoms with Crippen LogP contribution in [0.5, 0.6) is 0 Å². The zero-order valence-corrected chi connectivity index (χ0v) is 13.3. The summed E-state index contributed by atoms with van der Waals surface area (Å²) in [6, 6.07) is 15.9. The smallest absolute Gasteiger partial charge is 0.260 e. The van der Waals surface area contributed by atoms with Gasteiger partial charge in [-0.05, 0) is 42.5 Å². The van der Waals surface area contributed by atoms with E-state index in [-0.39, 0.29) is 11.5 Å². The van der Waals surface area contributed by atoms with Gasteiger partial charge in [0.1, 0.15) is 5.82 Å². The summed E-state index contributed by atoms with van der Waals surface area (Å²) in [5.41, 5.74) is 1.22. The van der Waals surface area contributed by atoms with Gasteiger partial charge < -0.3 is 14.3 Å². The van der Waals surface area contributed by atoms with Gasteiger partial charge in [0.2, 0.25) is 5.82 Å². The van der Waals surface area contributed by atoms with Gasteiger partial charge in [-0.1, -0.05) is 23.4 Å². The molecule has 0 aliphatic rings. The molecule has 4 rings (SSSR count). The lowest BCUT2D eigenvalue weighted by atomic mass is 10.1. The topological polar surface area (TPSA) is 81.2 Å². The summed E-state index contributed by atoms with van der Waals surface area (Å²) in [6.07, 6.45) is 1.51. The van der Waals surface area contributed by atoms with Crippen molar-refractivity contribution in [3.05, 3.63) is 78.3 Å². The van der Waals surface area contributed by atoms with Crippen LogP contribution in [0.25, 0.3) is 23.0 Å². The van der Waals surface area contributed by atoms with Gasteiger partial charge in [-0.15, -0.1) is 0 Å². The number of nitrogens with zero attached hydrogens (tertiary/aromatic N) is 2. The minimum atomic E-state index is -0.481. The Morgan fingerprint density at radius 3 is 2.73 bits per heavy atom. The molecule has 2 heterocycles. The van der Waals surface area contributed by atoms with Crippen LogP contribution >= 0.6 is 0 Å². The first-order chi connectivity index (χ1) is 12.7. The van der Waals surface area contributed by atoms with Crippen LogP contribution in [0.2, 0.25) is 0 Å². The SMILES string of the molecule is O=C(Nc1ccccc1-c1nc(-c2ccco2)no1)c1cccc(F)c1. The number of para-hydroxylation sites is 1. The molecule has 0 radical (unpaired) electrons. The lowest BCUT2D eigenvalue weighted by molar-refractivity contribution is 0.102. The van der Waals surface area contributed by atoms with E-state index in [0.717, 1.165) is 0 Å². The number of halogens is 1. The third-order valence-electron chi connectivity index (χ3n) is 3.66. The average Bonchev–Trinajstić information content (AvgIpc) is 3.34. The van der Waals surface area contributed by atoms with Crippen molar-refractivity contribution < 1.29 is 18.1 Å². The summed E-state index contributed by atoms with van der Waals surface area (Å²) in [4.78, 5) is 16.7. The van der Waals surface area contributed by atoms with Crippen molar-refractivity contribution in [2.24, 2.45) is 0 Å². The van der Waals surface area contributed by atoms with Gasteiger partial charge in [0.25, 0.3) is 11.8 Å². The van der Waals surface area contributed by atoms with E-state index in [2.05, 4.69) is 15.5 Å². The van der Waals surface area contributed by atoms with Crippen LogP contribution in [0.1, 0.15) is 10.4 Å². The standard InChI is InChI=1S/C19H12FN3O3/c20-13-6-3-5-12(11-13)18(24)21-15-8-2-1-7-14(15)19-22-17(23-26-19)16-9-4-10-25-16/h1-11H,(H,21,24). The lowest BCUT2D eigenvalue weighted by Gasteiger charge is -2.08. The molecule has 1 N–H and O–H groups in total. The summed E-state index contributed by atoms with van der Waals surface area (Å²) >= 11 is 0. The average molecular weight is 349 g/mol. The second-order valence-electron chi connectivity index (χ2n) is 5.41. The van der Waals surface area contributed by atoms with Crippen molar-refractivity contribution in [2.75, 3.05) is 5.32 Å².